The van der Waals surface area contributed by atoms with Gasteiger partial charge in [-0.1, -0.05) is 11.8 Å². The summed E-state index contributed by atoms with van der Waals surface area (Å²) in [4.78, 5) is 23.8. The van der Waals surface area contributed by atoms with Crippen molar-refractivity contribution >= 4 is 35.0 Å². The van der Waals surface area contributed by atoms with E-state index in [0.29, 0.717) is 22.1 Å². The number of benzene rings is 2. The molecule has 0 saturated carbocycles. The second-order valence-electron chi connectivity index (χ2n) is 6.61. The van der Waals surface area contributed by atoms with Crippen LogP contribution in [0.15, 0.2) is 65.8 Å². The maximum Gasteiger partial charge on any atom is 0.337 e. The van der Waals surface area contributed by atoms with Crippen molar-refractivity contribution in [2.75, 3.05) is 25.3 Å². The number of anilines is 1. The molecule has 9 nitrogen and oxygen atoms in total. The first kappa shape index (κ1) is 21.3. The summed E-state index contributed by atoms with van der Waals surface area (Å²) in [5.41, 5.74) is 3.24. The zero-order valence-electron chi connectivity index (χ0n) is 17.3. The molecule has 2 aromatic heterocycles. The number of aromatic nitrogens is 4. The van der Waals surface area contributed by atoms with Gasteiger partial charge in [0.05, 0.1) is 31.2 Å². The van der Waals surface area contributed by atoms with E-state index in [-0.39, 0.29) is 11.7 Å². The summed E-state index contributed by atoms with van der Waals surface area (Å²) in [5.74, 6) is 0.234. The molecule has 1 N–H and O–H groups in total. The van der Waals surface area contributed by atoms with E-state index in [1.54, 1.807) is 35.9 Å². The van der Waals surface area contributed by atoms with Crippen molar-refractivity contribution < 1.29 is 19.1 Å². The van der Waals surface area contributed by atoms with Crippen molar-refractivity contribution in [3.63, 3.8) is 0 Å². The number of methoxy groups -OCH3 is 2. The number of hydrogen-bond acceptors (Lipinski definition) is 8. The molecule has 0 spiro atoms. The van der Waals surface area contributed by atoms with E-state index in [0.717, 1.165) is 17.0 Å². The summed E-state index contributed by atoms with van der Waals surface area (Å²) in [5, 5.41) is 16.2. The number of carbonyl (C=O) groups is 2. The Morgan fingerprint density at radius 1 is 0.969 bits per heavy atom. The Kier molecular flexibility index (Phi) is 6.31. The van der Waals surface area contributed by atoms with Crippen LogP contribution in [0.4, 0.5) is 5.69 Å². The zero-order chi connectivity index (χ0) is 22.5. The lowest BCUT2D eigenvalue weighted by molar-refractivity contribution is -0.113. The van der Waals surface area contributed by atoms with Gasteiger partial charge in [0.25, 0.3) is 0 Å². The Labute approximate surface area is 187 Å². The average molecular weight is 449 g/mol. The van der Waals surface area contributed by atoms with Gasteiger partial charge in [-0.05, 0) is 60.7 Å². The van der Waals surface area contributed by atoms with Crippen LogP contribution in [0.25, 0.3) is 16.9 Å². The van der Waals surface area contributed by atoms with Gasteiger partial charge in [-0.2, -0.15) is 9.61 Å². The molecule has 0 aliphatic carbocycles. The fraction of sp³-hybridized carbons (Fsp3) is 0.136. The van der Waals surface area contributed by atoms with Crippen molar-refractivity contribution in [3.8, 4) is 17.0 Å². The second kappa shape index (κ2) is 9.48. The molecule has 32 heavy (non-hydrogen) atoms. The maximum atomic E-state index is 12.4. The molecule has 4 rings (SSSR count). The molecule has 0 bridgehead atoms. The molecule has 1 amide bonds. The Morgan fingerprint density at radius 2 is 1.72 bits per heavy atom. The predicted octanol–water partition coefficient (Wildman–Crippen LogP) is 3.32. The molecule has 0 unspecified atom stereocenters. The lowest BCUT2D eigenvalue weighted by Gasteiger charge is -2.06. The molecule has 0 saturated heterocycles. The Hall–Kier alpha value is -3.92. The highest BCUT2D eigenvalue weighted by molar-refractivity contribution is 7.99. The molecular formula is C22H19N5O4S. The number of ether oxygens (including phenoxy) is 2. The summed E-state index contributed by atoms with van der Waals surface area (Å²) in [6.07, 6.45) is 0. The van der Waals surface area contributed by atoms with Crippen LogP contribution < -0.4 is 10.1 Å². The lowest BCUT2D eigenvalue weighted by Crippen LogP contribution is -2.14. The van der Waals surface area contributed by atoms with Crippen LogP contribution in [0.5, 0.6) is 5.75 Å². The number of fused-ring (bicyclic) bond motifs is 1. The van der Waals surface area contributed by atoms with Crippen LogP contribution in [-0.2, 0) is 9.53 Å². The SMILES string of the molecule is COC(=O)c1ccc(NC(=O)CSc2nnc3ccc(-c4ccc(OC)cc4)nn23)cc1. The molecule has 0 fully saturated rings. The average Bonchev–Trinajstić information content (AvgIpc) is 3.25. The monoisotopic (exact) mass is 449 g/mol. The van der Waals surface area contributed by atoms with Crippen molar-refractivity contribution in [3.05, 3.63) is 66.2 Å². The van der Waals surface area contributed by atoms with Gasteiger partial charge in [0.15, 0.2) is 5.65 Å². The highest BCUT2D eigenvalue weighted by Crippen LogP contribution is 2.23. The second-order valence-corrected chi connectivity index (χ2v) is 7.55. The topological polar surface area (TPSA) is 108 Å². The molecule has 162 valence electrons. The van der Waals surface area contributed by atoms with E-state index in [9.17, 15) is 9.59 Å². The standard InChI is InChI=1S/C22H19N5O4S/c1-30-17-9-5-14(6-10-17)18-11-12-19-24-25-22(27(19)26-18)32-13-20(28)23-16-7-3-15(4-8-16)21(29)31-2/h3-12H,13H2,1-2H3,(H,23,28). The van der Waals surface area contributed by atoms with Crippen LogP contribution in [0, 0.1) is 0 Å². The Morgan fingerprint density at radius 3 is 2.41 bits per heavy atom. The summed E-state index contributed by atoms with van der Waals surface area (Å²) in [6.45, 7) is 0. The van der Waals surface area contributed by atoms with Crippen LogP contribution in [0.2, 0.25) is 0 Å². The number of amides is 1. The van der Waals surface area contributed by atoms with Gasteiger partial charge in [-0.15, -0.1) is 10.2 Å². The number of carbonyl (C=O) groups excluding carboxylic acids is 2. The zero-order valence-corrected chi connectivity index (χ0v) is 18.1. The molecule has 0 aliphatic rings. The molecule has 0 atom stereocenters. The van der Waals surface area contributed by atoms with Crippen molar-refractivity contribution in [2.45, 2.75) is 5.16 Å². The molecule has 10 heteroatoms. The largest absolute Gasteiger partial charge is 0.497 e. The van der Waals surface area contributed by atoms with E-state index in [1.807, 2.05) is 36.4 Å². The van der Waals surface area contributed by atoms with E-state index in [4.69, 9.17) is 4.74 Å². The number of nitrogens with one attached hydrogen (secondary N) is 1. The first-order valence-corrected chi connectivity index (χ1v) is 10.5. The lowest BCUT2D eigenvalue weighted by atomic mass is 10.1. The minimum absolute atomic E-state index is 0.119. The smallest absolute Gasteiger partial charge is 0.337 e. The number of thioether (sulfide) groups is 1. The van der Waals surface area contributed by atoms with Crippen LogP contribution >= 0.6 is 11.8 Å². The Balaban J connectivity index is 1.43. The number of nitrogens with zero attached hydrogens (tertiary/aromatic N) is 4. The first-order chi connectivity index (χ1) is 15.6. The van der Waals surface area contributed by atoms with Crippen molar-refractivity contribution in [1.82, 2.24) is 19.8 Å². The van der Waals surface area contributed by atoms with Gasteiger partial charge < -0.3 is 14.8 Å². The van der Waals surface area contributed by atoms with Gasteiger partial charge in [0.1, 0.15) is 5.75 Å². The van der Waals surface area contributed by atoms with E-state index < -0.39 is 5.97 Å². The fourth-order valence-electron chi connectivity index (χ4n) is 2.91. The van der Waals surface area contributed by atoms with Gasteiger partial charge in [-0.25, -0.2) is 4.79 Å². The minimum Gasteiger partial charge on any atom is -0.497 e. The highest BCUT2D eigenvalue weighted by atomic mass is 32.2. The molecule has 2 aromatic carbocycles. The third kappa shape index (κ3) is 4.70. The third-order valence-corrected chi connectivity index (χ3v) is 5.46. The van der Waals surface area contributed by atoms with Gasteiger partial charge >= 0.3 is 5.97 Å². The summed E-state index contributed by atoms with van der Waals surface area (Å²) < 4.78 is 11.5. The summed E-state index contributed by atoms with van der Waals surface area (Å²) >= 11 is 1.23. The van der Waals surface area contributed by atoms with Gasteiger partial charge in [0.2, 0.25) is 11.1 Å². The van der Waals surface area contributed by atoms with Crippen molar-refractivity contribution in [1.29, 1.82) is 0 Å². The third-order valence-electron chi connectivity index (χ3n) is 4.54. The molecule has 0 radical (unpaired) electrons. The van der Waals surface area contributed by atoms with E-state index in [2.05, 4.69) is 25.3 Å². The quantitative estimate of drug-likeness (QED) is 0.338. The maximum absolute atomic E-state index is 12.4. The number of esters is 1. The van der Waals surface area contributed by atoms with Gasteiger partial charge in [-0.3, -0.25) is 4.79 Å². The van der Waals surface area contributed by atoms with Gasteiger partial charge in [0, 0.05) is 11.3 Å². The summed E-state index contributed by atoms with van der Waals surface area (Å²) in [6, 6.07) is 17.7. The fourth-order valence-corrected chi connectivity index (χ4v) is 3.60. The molecule has 2 heterocycles. The summed E-state index contributed by atoms with van der Waals surface area (Å²) in [7, 11) is 2.94. The first-order valence-electron chi connectivity index (χ1n) is 9.55. The highest BCUT2D eigenvalue weighted by Gasteiger charge is 2.12. The number of rotatable bonds is 7. The Bertz CT molecular complexity index is 1260. The van der Waals surface area contributed by atoms with E-state index in [1.165, 1.54) is 18.9 Å². The van der Waals surface area contributed by atoms with Crippen molar-refractivity contribution in [2.24, 2.45) is 0 Å². The molecule has 4 aromatic rings. The normalized spacial score (nSPS) is 10.7. The van der Waals surface area contributed by atoms with Crippen LogP contribution in [0.3, 0.4) is 0 Å². The predicted molar refractivity (Wildman–Crippen MR) is 120 cm³/mol. The van der Waals surface area contributed by atoms with Crippen LogP contribution in [0.1, 0.15) is 10.4 Å². The number of hydrogen-bond donors (Lipinski definition) is 1. The molecule has 0 aliphatic heterocycles. The van der Waals surface area contributed by atoms with Crippen LogP contribution in [-0.4, -0.2) is 51.7 Å². The minimum atomic E-state index is -0.432. The van der Waals surface area contributed by atoms with E-state index >= 15 is 0 Å². The molecular weight excluding hydrogens is 430 g/mol.